The first-order chi connectivity index (χ1) is 8.98. The van der Waals surface area contributed by atoms with Gasteiger partial charge in [-0.2, -0.15) is 0 Å². The Kier molecular flexibility index (Phi) is 4.21. The average molecular weight is 283 g/mol. The van der Waals surface area contributed by atoms with Crippen LogP contribution in [0.4, 0.5) is 0 Å². The number of carboxylic acid groups (broad SMARTS) is 1. The van der Waals surface area contributed by atoms with Crippen molar-refractivity contribution in [3.8, 4) is 0 Å². The molecule has 0 unspecified atom stereocenters. The van der Waals surface area contributed by atoms with Crippen molar-refractivity contribution in [2.75, 3.05) is 11.5 Å². The first-order valence-electron chi connectivity index (χ1n) is 6.23. The molecule has 0 saturated carbocycles. The van der Waals surface area contributed by atoms with Gasteiger partial charge in [0.25, 0.3) is 0 Å². The first-order valence-corrected chi connectivity index (χ1v) is 8.05. The molecule has 6 heteroatoms. The Morgan fingerprint density at radius 1 is 1.26 bits per heavy atom. The van der Waals surface area contributed by atoms with Crippen molar-refractivity contribution in [3.05, 3.63) is 35.4 Å². The third-order valence-electron chi connectivity index (χ3n) is 3.38. The molecule has 0 amide bonds. The molecule has 1 fully saturated rings. The minimum atomic E-state index is -2.85. The molecule has 1 aromatic carbocycles. The van der Waals surface area contributed by atoms with Gasteiger partial charge in [-0.1, -0.05) is 18.2 Å². The standard InChI is InChI=1S/C13H17NO4S/c15-13(16)12-4-2-1-3-10(12)9-14-11-5-7-19(17,18)8-6-11/h1-4,11,14H,5-9H2,(H,15,16). The highest BCUT2D eigenvalue weighted by molar-refractivity contribution is 7.91. The van der Waals surface area contributed by atoms with Crippen molar-refractivity contribution in [3.63, 3.8) is 0 Å². The van der Waals surface area contributed by atoms with E-state index in [9.17, 15) is 13.2 Å². The topological polar surface area (TPSA) is 83.5 Å². The molecular formula is C13H17NO4S. The molecule has 1 aliphatic heterocycles. The number of sulfone groups is 1. The molecule has 19 heavy (non-hydrogen) atoms. The van der Waals surface area contributed by atoms with Crippen LogP contribution in [0.15, 0.2) is 24.3 Å². The van der Waals surface area contributed by atoms with Crippen molar-refractivity contribution < 1.29 is 18.3 Å². The van der Waals surface area contributed by atoms with E-state index < -0.39 is 15.8 Å². The lowest BCUT2D eigenvalue weighted by Crippen LogP contribution is -2.37. The second-order valence-electron chi connectivity index (χ2n) is 4.77. The van der Waals surface area contributed by atoms with Crippen molar-refractivity contribution in [1.29, 1.82) is 0 Å². The fourth-order valence-electron chi connectivity index (χ4n) is 2.23. The molecule has 0 aromatic heterocycles. The fraction of sp³-hybridized carbons (Fsp3) is 0.462. The van der Waals surface area contributed by atoms with Crippen LogP contribution in [-0.2, 0) is 16.4 Å². The molecule has 0 radical (unpaired) electrons. The Hall–Kier alpha value is -1.40. The Labute approximate surface area is 112 Å². The average Bonchev–Trinajstić information content (AvgIpc) is 2.38. The summed E-state index contributed by atoms with van der Waals surface area (Å²) in [6.45, 7) is 0.452. The first kappa shape index (κ1) is 14.0. The molecule has 2 rings (SSSR count). The van der Waals surface area contributed by atoms with Crippen LogP contribution in [0.5, 0.6) is 0 Å². The summed E-state index contributed by atoms with van der Waals surface area (Å²) in [6, 6.07) is 6.99. The molecule has 1 aliphatic rings. The molecule has 0 bridgehead atoms. The number of hydrogen-bond acceptors (Lipinski definition) is 4. The Balaban J connectivity index is 1.95. The fourth-order valence-corrected chi connectivity index (χ4v) is 3.72. The van der Waals surface area contributed by atoms with Crippen molar-refractivity contribution in [2.45, 2.75) is 25.4 Å². The van der Waals surface area contributed by atoms with Crippen LogP contribution in [0.25, 0.3) is 0 Å². The van der Waals surface area contributed by atoms with Gasteiger partial charge in [-0.15, -0.1) is 0 Å². The minimum Gasteiger partial charge on any atom is -0.478 e. The molecule has 0 spiro atoms. The van der Waals surface area contributed by atoms with E-state index in [2.05, 4.69) is 5.32 Å². The molecule has 1 heterocycles. The van der Waals surface area contributed by atoms with E-state index in [1.165, 1.54) is 0 Å². The van der Waals surface area contributed by atoms with Crippen molar-refractivity contribution >= 4 is 15.8 Å². The third kappa shape index (κ3) is 3.78. The summed E-state index contributed by atoms with van der Waals surface area (Å²) in [7, 11) is -2.85. The van der Waals surface area contributed by atoms with Crippen LogP contribution in [0.1, 0.15) is 28.8 Å². The summed E-state index contributed by atoms with van der Waals surface area (Å²) in [4.78, 5) is 11.1. The summed E-state index contributed by atoms with van der Waals surface area (Å²) < 4.78 is 22.6. The maximum Gasteiger partial charge on any atom is 0.336 e. The lowest BCUT2D eigenvalue weighted by molar-refractivity contribution is 0.0695. The summed E-state index contributed by atoms with van der Waals surface area (Å²) in [6.07, 6.45) is 1.19. The monoisotopic (exact) mass is 283 g/mol. The second kappa shape index (κ2) is 5.71. The van der Waals surface area contributed by atoms with E-state index in [-0.39, 0.29) is 17.5 Å². The smallest absolute Gasteiger partial charge is 0.336 e. The van der Waals surface area contributed by atoms with Crippen LogP contribution < -0.4 is 5.32 Å². The van der Waals surface area contributed by atoms with E-state index in [0.29, 0.717) is 24.9 Å². The molecular weight excluding hydrogens is 266 g/mol. The highest BCUT2D eigenvalue weighted by Gasteiger charge is 2.23. The van der Waals surface area contributed by atoms with Gasteiger partial charge in [0.15, 0.2) is 0 Å². The van der Waals surface area contributed by atoms with Gasteiger partial charge in [0.05, 0.1) is 17.1 Å². The van der Waals surface area contributed by atoms with Crippen LogP contribution in [0, 0.1) is 0 Å². The van der Waals surface area contributed by atoms with Crippen LogP contribution in [0.2, 0.25) is 0 Å². The molecule has 1 aromatic rings. The minimum absolute atomic E-state index is 0.144. The number of hydrogen-bond donors (Lipinski definition) is 2. The largest absolute Gasteiger partial charge is 0.478 e. The van der Waals surface area contributed by atoms with Gasteiger partial charge >= 0.3 is 5.97 Å². The van der Waals surface area contributed by atoms with Crippen LogP contribution in [-0.4, -0.2) is 37.0 Å². The number of rotatable bonds is 4. The maximum absolute atomic E-state index is 11.3. The van der Waals surface area contributed by atoms with Gasteiger partial charge < -0.3 is 10.4 Å². The van der Waals surface area contributed by atoms with Gasteiger partial charge in [0.1, 0.15) is 9.84 Å². The molecule has 0 atom stereocenters. The van der Waals surface area contributed by atoms with E-state index in [1.807, 2.05) is 0 Å². The van der Waals surface area contributed by atoms with Gasteiger partial charge in [-0.3, -0.25) is 0 Å². The zero-order valence-electron chi connectivity index (χ0n) is 10.5. The summed E-state index contributed by atoms with van der Waals surface area (Å²) in [5.41, 5.74) is 1.02. The normalized spacial score (nSPS) is 19.2. The Bertz CT molecular complexity index is 554. The number of carboxylic acids is 1. The number of nitrogens with one attached hydrogen (secondary N) is 1. The van der Waals surface area contributed by atoms with Gasteiger partial charge in [-0.25, -0.2) is 13.2 Å². The highest BCUT2D eigenvalue weighted by atomic mass is 32.2. The summed E-state index contributed by atoms with van der Waals surface area (Å²) in [5, 5.41) is 12.3. The lowest BCUT2D eigenvalue weighted by atomic mass is 10.1. The highest BCUT2D eigenvalue weighted by Crippen LogP contribution is 2.14. The van der Waals surface area contributed by atoms with Gasteiger partial charge in [-0.05, 0) is 24.5 Å². The number of aromatic carboxylic acids is 1. The van der Waals surface area contributed by atoms with E-state index in [1.54, 1.807) is 24.3 Å². The lowest BCUT2D eigenvalue weighted by Gasteiger charge is -2.23. The van der Waals surface area contributed by atoms with E-state index >= 15 is 0 Å². The second-order valence-corrected chi connectivity index (χ2v) is 7.07. The number of carbonyl (C=O) groups is 1. The molecule has 5 nitrogen and oxygen atoms in total. The molecule has 104 valence electrons. The van der Waals surface area contributed by atoms with Crippen LogP contribution in [0.3, 0.4) is 0 Å². The Morgan fingerprint density at radius 2 is 1.89 bits per heavy atom. The zero-order chi connectivity index (χ0) is 13.9. The number of benzene rings is 1. The predicted molar refractivity (Wildman–Crippen MR) is 71.9 cm³/mol. The quantitative estimate of drug-likeness (QED) is 0.863. The van der Waals surface area contributed by atoms with E-state index in [0.717, 1.165) is 5.56 Å². The third-order valence-corrected chi connectivity index (χ3v) is 5.10. The molecule has 2 N–H and O–H groups in total. The van der Waals surface area contributed by atoms with Crippen LogP contribution >= 0.6 is 0 Å². The van der Waals surface area contributed by atoms with Crippen molar-refractivity contribution in [1.82, 2.24) is 5.32 Å². The SMILES string of the molecule is O=C(O)c1ccccc1CNC1CCS(=O)(=O)CC1. The predicted octanol–water partition coefficient (Wildman–Crippen LogP) is 1.05. The molecule has 0 aliphatic carbocycles. The zero-order valence-corrected chi connectivity index (χ0v) is 11.3. The van der Waals surface area contributed by atoms with Crippen molar-refractivity contribution in [2.24, 2.45) is 0 Å². The summed E-state index contributed by atoms with van der Waals surface area (Å²) in [5.74, 6) is -0.514. The Morgan fingerprint density at radius 3 is 2.53 bits per heavy atom. The maximum atomic E-state index is 11.3. The van der Waals surface area contributed by atoms with Gasteiger partial charge in [0, 0.05) is 12.6 Å². The summed E-state index contributed by atoms with van der Waals surface area (Å²) >= 11 is 0. The van der Waals surface area contributed by atoms with Gasteiger partial charge in [0.2, 0.25) is 0 Å². The molecule has 1 saturated heterocycles. The van der Waals surface area contributed by atoms with E-state index in [4.69, 9.17) is 5.11 Å².